The Kier molecular flexibility index (Phi) is 6.67. The predicted octanol–water partition coefficient (Wildman–Crippen LogP) is 2.61. The first kappa shape index (κ1) is 16.8. The molecule has 0 aromatic heterocycles. The molecule has 2 unspecified atom stereocenters. The molecule has 0 aromatic rings. The summed E-state index contributed by atoms with van der Waals surface area (Å²) >= 11 is 1.82. The topological polar surface area (TPSA) is 32.3 Å². The Morgan fingerprint density at radius 2 is 2.21 bits per heavy atom. The molecule has 1 amide bonds. The number of rotatable bonds is 6. The second-order valence-electron chi connectivity index (χ2n) is 6.20. The molecule has 2 atom stereocenters. The summed E-state index contributed by atoms with van der Waals surface area (Å²) < 4.78 is 0. The molecule has 1 aliphatic rings. The van der Waals surface area contributed by atoms with E-state index in [1.165, 1.54) is 12.8 Å². The molecule has 3 nitrogen and oxygen atoms in total. The number of hydrogen-bond acceptors (Lipinski definition) is 3. The van der Waals surface area contributed by atoms with E-state index in [0.29, 0.717) is 17.9 Å². The zero-order chi connectivity index (χ0) is 14.5. The highest BCUT2D eigenvalue weighted by atomic mass is 32.2. The lowest BCUT2D eigenvalue weighted by molar-refractivity contribution is -0.144. The summed E-state index contributed by atoms with van der Waals surface area (Å²) in [4.78, 5) is 14.8. The molecular weight excluding hydrogens is 256 g/mol. The summed E-state index contributed by atoms with van der Waals surface area (Å²) in [6.07, 6.45) is 5.49. The van der Waals surface area contributed by atoms with Gasteiger partial charge in [0.15, 0.2) is 0 Å². The molecule has 0 aliphatic carbocycles. The van der Waals surface area contributed by atoms with E-state index in [2.05, 4.69) is 32.3 Å². The molecule has 112 valence electrons. The van der Waals surface area contributed by atoms with Crippen LogP contribution in [0.2, 0.25) is 0 Å². The molecule has 1 heterocycles. The Morgan fingerprint density at radius 1 is 1.53 bits per heavy atom. The van der Waals surface area contributed by atoms with Gasteiger partial charge in [0.1, 0.15) is 0 Å². The summed E-state index contributed by atoms with van der Waals surface area (Å²) in [7, 11) is 1.98. The van der Waals surface area contributed by atoms with Gasteiger partial charge in [-0.2, -0.15) is 11.8 Å². The van der Waals surface area contributed by atoms with Crippen LogP contribution in [-0.4, -0.2) is 49.0 Å². The van der Waals surface area contributed by atoms with Crippen LogP contribution in [0.25, 0.3) is 0 Å². The molecule has 19 heavy (non-hydrogen) atoms. The standard InChI is InChI=1S/C15H30N2OS/c1-6-13(11-19-5)17(4)14(18)15(2,3)12-8-7-9-16-10-12/h12-13,16H,6-11H2,1-5H3. The van der Waals surface area contributed by atoms with E-state index in [1.54, 1.807) is 0 Å². The molecule has 1 rings (SSSR count). The van der Waals surface area contributed by atoms with Crippen LogP contribution in [0.15, 0.2) is 0 Å². The third-order valence-electron chi connectivity index (χ3n) is 4.57. The van der Waals surface area contributed by atoms with Gasteiger partial charge in [0.25, 0.3) is 0 Å². The minimum atomic E-state index is -0.256. The first-order valence-corrected chi connectivity index (χ1v) is 8.81. The maximum Gasteiger partial charge on any atom is 0.228 e. The van der Waals surface area contributed by atoms with Crippen molar-refractivity contribution in [1.29, 1.82) is 0 Å². The summed E-state index contributed by atoms with van der Waals surface area (Å²) in [5.74, 6) is 1.79. The van der Waals surface area contributed by atoms with E-state index in [4.69, 9.17) is 0 Å². The molecule has 1 fully saturated rings. The molecule has 0 bridgehead atoms. The van der Waals surface area contributed by atoms with Gasteiger partial charge in [0, 0.05) is 24.3 Å². The van der Waals surface area contributed by atoms with Gasteiger partial charge < -0.3 is 10.2 Å². The van der Waals surface area contributed by atoms with Crippen molar-refractivity contribution >= 4 is 17.7 Å². The van der Waals surface area contributed by atoms with Crippen LogP contribution in [0.5, 0.6) is 0 Å². The van der Waals surface area contributed by atoms with E-state index in [1.807, 2.05) is 23.7 Å². The maximum atomic E-state index is 12.8. The molecule has 0 saturated carbocycles. The van der Waals surface area contributed by atoms with Crippen molar-refractivity contribution in [2.75, 3.05) is 32.1 Å². The van der Waals surface area contributed by atoms with Gasteiger partial charge in [-0.15, -0.1) is 0 Å². The van der Waals surface area contributed by atoms with Gasteiger partial charge in [-0.25, -0.2) is 0 Å². The third kappa shape index (κ3) is 4.12. The lowest BCUT2D eigenvalue weighted by Crippen LogP contribution is -2.51. The summed E-state index contributed by atoms with van der Waals surface area (Å²) in [6, 6.07) is 0.360. The van der Waals surface area contributed by atoms with E-state index >= 15 is 0 Å². The summed E-state index contributed by atoms with van der Waals surface area (Å²) in [6.45, 7) is 8.48. The fourth-order valence-corrected chi connectivity index (χ4v) is 3.80. The van der Waals surface area contributed by atoms with Gasteiger partial charge in [0.05, 0.1) is 0 Å². The van der Waals surface area contributed by atoms with Crippen molar-refractivity contribution in [2.45, 2.75) is 46.1 Å². The van der Waals surface area contributed by atoms with Crippen LogP contribution >= 0.6 is 11.8 Å². The lowest BCUT2D eigenvalue weighted by atomic mass is 9.74. The molecule has 1 aliphatic heterocycles. The monoisotopic (exact) mass is 286 g/mol. The van der Waals surface area contributed by atoms with Crippen LogP contribution in [0.1, 0.15) is 40.0 Å². The quantitative estimate of drug-likeness (QED) is 0.814. The van der Waals surface area contributed by atoms with E-state index in [0.717, 1.165) is 25.3 Å². The average Bonchev–Trinajstić information content (AvgIpc) is 2.44. The molecule has 4 heteroatoms. The number of carbonyl (C=O) groups is 1. The largest absolute Gasteiger partial charge is 0.341 e. The zero-order valence-electron chi connectivity index (χ0n) is 13.2. The Morgan fingerprint density at radius 3 is 2.68 bits per heavy atom. The predicted molar refractivity (Wildman–Crippen MR) is 84.6 cm³/mol. The summed E-state index contributed by atoms with van der Waals surface area (Å²) in [5.41, 5.74) is -0.256. The van der Waals surface area contributed by atoms with E-state index in [9.17, 15) is 4.79 Å². The molecule has 1 saturated heterocycles. The third-order valence-corrected chi connectivity index (χ3v) is 5.29. The number of nitrogens with zero attached hydrogens (tertiary/aromatic N) is 1. The molecular formula is C15H30N2OS. The molecule has 1 N–H and O–H groups in total. The minimum absolute atomic E-state index is 0.256. The minimum Gasteiger partial charge on any atom is -0.341 e. The number of nitrogens with one attached hydrogen (secondary N) is 1. The molecule has 0 radical (unpaired) electrons. The first-order chi connectivity index (χ1) is 8.95. The van der Waals surface area contributed by atoms with Gasteiger partial charge in [-0.1, -0.05) is 20.8 Å². The van der Waals surface area contributed by atoms with Crippen molar-refractivity contribution in [3.8, 4) is 0 Å². The SMILES string of the molecule is CCC(CSC)N(C)C(=O)C(C)(C)C1CCCNC1. The fraction of sp³-hybridized carbons (Fsp3) is 0.933. The van der Waals surface area contributed by atoms with Crippen LogP contribution < -0.4 is 5.32 Å². The van der Waals surface area contributed by atoms with Gasteiger partial charge in [0.2, 0.25) is 5.91 Å². The van der Waals surface area contributed by atoms with Crippen molar-refractivity contribution in [3.05, 3.63) is 0 Å². The second-order valence-corrected chi connectivity index (χ2v) is 7.11. The number of thioether (sulfide) groups is 1. The van der Waals surface area contributed by atoms with Gasteiger partial charge >= 0.3 is 0 Å². The smallest absolute Gasteiger partial charge is 0.228 e. The Hall–Kier alpha value is -0.220. The Bertz CT molecular complexity index is 288. The molecule has 0 spiro atoms. The van der Waals surface area contributed by atoms with Crippen LogP contribution in [0, 0.1) is 11.3 Å². The Balaban J connectivity index is 2.72. The summed E-state index contributed by atoms with van der Waals surface area (Å²) in [5, 5.41) is 3.43. The van der Waals surface area contributed by atoms with E-state index < -0.39 is 0 Å². The van der Waals surface area contributed by atoms with Crippen LogP contribution in [0.3, 0.4) is 0 Å². The Labute approximate surface area is 122 Å². The van der Waals surface area contributed by atoms with Crippen molar-refractivity contribution in [1.82, 2.24) is 10.2 Å². The second kappa shape index (κ2) is 7.53. The van der Waals surface area contributed by atoms with E-state index in [-0.39, 0.29) is 5.41 Å². The fourth-order valence-electron chi connectivity index (χ4n) is 2.96. The maximum absolute atomic E-state index is 12.8. The van der Waals surface area contributed by atoms with Crippen molar-refractivity contribution < 1.29 is 4.79 Å². The average molecular weight is 286 g/mol. The molecule has 0 aromatic carbocycles. The highest BCUT2D eigenvalue weighted by Crippen LogP contribution is 2.34. The highest BCUT2D eigenvalue weighted by molar-refractivity contribution is 7.98. The number of amides is 1. The number of piperidine rings is 1. The van der Waals surface area contributed by atoms with Crippen LogP contribution in [0.4, 0.5) is 0 Å². The number of hydrogen-bond donors (Lipinski definition) is 1. The van der Waals surface area contributed by atoms with Crippen molar-refractivity contribution in [3.63, 3.8) is 0 Å². The highest BCUT2D eigenvalue weighted by Gasteiger charge is 2.40. The van der Waals surface area contributed by atoms with Gasteiger partial charge in [-0.05, 0) is 44.5 Å². The first-order valence-electron chi connectivity index (χ1n) is 7.42. The van der Waals surface area contributed by atoms with Crippen LogP contribution in [-0.2, 0) is 4.79 Å². The number of carbonyl (C=O) groups excluding carboxylic acids is 1. The normalized spacial score (nSPS) is 22.1. The zero-order valence-corrected chi connectivity index (χ0v) is 14.0. The van der Waals surface area contributed by atoms with Gasteiger partial charge in [-0.3, -0.25) is 4.79 Å². The van der Waals surface area contributed by atoms with Crippen molar-refractivity contribution in [2.24, 2.45) is 11.3 Å². The lowest BCUT2D eigenvalue weighted by Gasteiger charge is -2.40.